The molecule has 4 rings (SSSR count). The summed E-state index contributed by atoms with van der Waals surface area (Å²) in [6.07, 6.45) is 4.98. The smallest absolute Gasteiger partial charge is 0.150 e. The van der Waals surface area contributed by atoms with Crippen LogP contribution in [-0.4, -0.2) is 24.3 Å². The van der Waals surface area contributed by atoms with E-state index in [-0.39, 0.29) is 0 Å². The molecule has 2 nitrogen and oxygen atoms in total. The first kappa shape index (κ1) is 10.0. The highest BCUT2D eigenvalue weighted by Gasteiger charge is 2.33. The molecular formula is C14H17NO. The van der Waals surface area contributed by atoms with E-state index in [0.29, 0.717) is 6.04 Å². The number of rotatable bonds is 2. The molecule has 2 bridgehead atoms. The molecule has 0 N–H and O–H groups in total. The van der Waals surface area contributed by atoms with Crippen molar-refractivity contribution in [3.63, 3.8) is 0 Å². The van der Waals surface area contributed by atoms with Gasteiger partial charge in [-0.15, -0.1) is 0 Å². The molecule has 1 atom stereocenters. The van der Waals surface area contributed by atoms with Crippen molar-refractivity contribution in [3.8, 4) is 0 Å². The molecule has 1 aromatic carbocycles. The number of nitrogens with zero attached hydrogens (tertiary/aromatic N) is 1. The lowest BCUT2D eigenvalue weighted by Gasteiger charge is -2.45. The van der Waals surface area contributed by atoms with Crippen molar-refractivity contribution in [3.05, 3.63) is 35.4 Å². The van der Waals surface area contributed by atoms with Gasteiger partial charge in [0.25, 0.3) is 0 Å². The number of hydrogen-bond acceptors (Lipinski definition) is 2. The van der Waals surface area contributed by atoms with Gasteiger partial charge in [-0.3, -0.25) is 9.69 Å². The van der Waals surface area contributed by atoms with Crippen molar-refractivity contribution in [1.29, 1.82) is 0 Å². The van der Waals surface area contributed by atoms with Crippen LogP contribution in [0, 0.1) is 5.92 Å². The van der Waals surface area contributed by atoms with Crippen molar-refractivity contribution in [2.45, 2.75) is 25.3 Å². The number of carbonyl (C=O) groups excluding carboxylic acids is 1. The summed E-state index contributed by atoms with van der Waals surface area (Å²) in [7, 11) is 0. The molecule has 1 aromatic rings. The summed E-state index contributed by atoms with van der Waals surface area (Å²) in [6, 6.07) is 8.72. The molecule has 3 heterocycles. The quantitative estimate of drug-likeness (QED) is 0.707. The molecule has 0 radical (unpaired) electrons. The maximum atomic E-state index is 10.6. The van der Waals surface area contributed by atoms with Gasteiger partial charge < -0.3 is 0 Å². The van der Waals surface area contributed by atoms with E-state index in [0.717, 1.165) is 17.8 Å². The van der Waals surface area contributed by atoms with Crippen LogP contribution in [0.1, 0.15) is 41.2 Å². The molecule has 3 saturated heterocycles. The summed E-state index contributed by atoms with van der Waals surface area (Å²) in [5.74, 6) is 0.931. The third-order valence-electron chi connectivity index (χ3n) is 4.10. The Bertz CT molecular complexity index is 376. The summed E-state index contributed by atoms with van der Waals surface area (Å²) < 4.78 is 0. The molecule has 0 aromatic heterocycles. The highest BCUT2D eigenvalue weighted by atomic mass is 16.1. The largest absolute Gasteiger partial charge is 0.298 e. The maximum absolute atomic E-state index is 10.6. The normalized spacial score (nSPS) is 32.6. The van der Waals surface area contributed by atoms with Crippen molar-refractivity contribution >= 4 is 6.29 Å². The SMILES string of the molecule is O=Cc1ccc(C2CC3CCN2CC3)cc1. The maximum Gasteiger partial charge on any atom is 0.150 e. The van der Waals surface area contributed by atoms with Crippen LogP contribution in [0.5, 0.6) is 0 Å². The van der Waals surface area contributed by atoms with Crippen molar-refractivity contribution in [1.82, 2.24) is 4.90 Å². The molecule has 16 heavy (non-hydrogen) atoms. The minimum Gasteiger partial charge on any atom is -0.298 e. The minimum absolute atomic E-state index is 0.605. The van der Waals surface area contributed by atoms with Crippen LogP contribution >= 0.6 is 0 Å². The number of hydrogen-bond donors (Lipinski definition) is 0. The second-order valence-corrected chi connectivity index (χ2v) is 5.02. The van der Waals surface area contributed by atoms with E-state index in [9.17, 15) is 4.79 Å². The fourth-order valence-electron chi connectivity index (χ4n) is 3.11. The van der Waals surface area contributed by atoms with Crippen LogP contribution in [-0.2, 0) is 0 Å². The average molecular weight is 215 g/mol. The average Bonchev–Trinajstić information content (AvgIpc) is 2.40. The fourth-order valence-corrected chi connectivity index (χ4v) is 3.11. The zero-order valence-corrected chi connectivity index (χ0v) is 9.43. The third-order valence-corrected chi connectivity index (χ3v) is 4.10. The number of aldehydes is 1. The van der Waals surface area contributed by atoms with E-state index in [2.05, 4.69) is 17.0 Å². The lowest BCUT2D eigenvalue weighted by atomic mass is 9.81. The summed E-state index contributed by atoms with van der Waals surface area (Å²) in [5, 5.41) is 0. The van der Waals surface area contributed by atoms with E-state index in [1.165, 1.54) is 37.9 Å². The lowest BCUT2D eigenvalue weighted by Crippen LogP contribution is -2.43. The summed E-state index contributed by atoms with van der Waals surface area (Å²) in [4.78, 5) is 13.2. The Morgan fingerprint density at radius 1 is 1.12 bits per heavy atom. The number of benzene rings is 1. The highest BCUT2D eigenvalue weighted by molar-refractivity contribution is 5.74. The molecule has 0 aliphatic carbocycles. The first-order valence-electron chi connectivity index (χ1n) is 6.16. The van der Waals surface area contributed by atoms with Gasteiger partial charge in [-0.2, -0.15) is 0 Å². The van der Waals surface area contributed by atoms with Crippen LogP contribution < -0.4 is 0 Å². The van der Waals surface area contributed by atoms with Gasteiger partial charge in [-0.25, -0.2) is 0 Å². The van der Waals surface area contributed by atoms with Crippen molar-refractivity contribution < 1.29 is 4.79 Å². The summed E-state index contributed by atoms with van der Waals surface area (Å²) in [5.41, 5.74) is 2.16. The van der Waals surface area contributed by atoms with Gasteiger partial charge >= 0.3 is 0 Å². The monoisotopic (exact) mass is 215 g/mol. The van der Waals surface area contributed by atoms with E-state index in [1.807, 2.05) is 12.1 Å². The topological polar surface area (TPSA) is 20.3 Å². The van der Waals surface area contributed by atoms with Gasteiger partial charge in [0, 0.05) is 11.6 Å². The van der Waals surface area contributed by atoms with Crippen molar-refractivity contribution in [2.24, 2.45) is 5.92 Å². The number of fused-ring (bicyclic) bond motifs is 3. The van der Waals surface area contributed by atoms with Crippen LogP contribution in [0.2, 0.25) is 0 Å². The predicted molar refractivity (Wildman–Crippen MR) is 63.5 cm³/mol. The Kier molecular flexibility index (Phi) is 2.52. The predicted octanol–water partition coefficient (Wildman–Crippen LogP) is 2.66. The van der Waals surface area contributed by atoms with Gasteiger partial charge in [0.2, 0.25) is 0 Å². The molecule has 3 aliphatic rings. The van der Waals surface area contributed by atoms with Crippen LogP contribution in [0.4, 0.5) is 0 Å². The Balaban J connectivity index is 1.83. The second kappa shape index (κ2) is 4.02. The molecule has 3 fully saturated rings. The Labute approximate surface area is 96.3 Å². The summed E-state index contributed by atoms with van der Waals surface area (Å²) in [6.45, 7) is 2.51. The molecule has 0 spiro atoms. The first-order valence-corrected chi connectivity index (χ1v) is 6.16. The molecule has 1 unspecified atom stereocenters. The first-order chi connectivity index (χ1) is 7.86. The van der Waals surface area contributed by atoms with Crippen LogP contribution in [0.25, 0.3) is 0 Å². The third kappa shape index (κ3) is 1.67. The van der Waals surface area contributed by atoms with Gasteiger partial charge in [-0.05, 0) is 43.8 Å². The van der Waals surface area contributed by atoms with E-state index >= 15 is 0 Å². The van der Waals surface area contributed by atoms with Gasteiger partial charge in [0.15, 0.2) is 0 Å². The second-order valence-electron chi connectivity index (χ2n) is 5.02. The Morgan fingerprint density at radius 3 is 2.31 bits per heavy atom. The zero-order valence-electron chi connectivity index (χ0n) is 9.43. The summed E-state index contributed by atoms with van der Waals surface area (Å²) >= 11 is 0. The highest BCUT2D eigenvalue weighted by Crippen LogP contribution is 2.40. The number of carbonyl (C=O) groups is 1. The van der Waals surface area contributed by atoms with Crippen LogP contribution in [0.15, 0.2) is 24.3 Å². The molecular weight excluding hydrogens is 198 g/mol. The fraction of sp³-hybridized carbons (Fsp3) is 0.500. The minimum atomic E-state index is 0.605. The molecule has 84 valence electrons. The molecule has 3 aliphatic heterocycles. The Hall–Kier alpha value is -1.15. The van der Waals surface area contributed by atoms with E-state index in [4.69, 9.17) is 0 Å². The molecule has 0 amide bonds. The van der Waals surface area contributed by atoms with Crippen molar-refractivity contribution in [2.75, 3.05) is 13.1 Å². The van der Waals surface area contributed by atoms with Crippen LogP contribution in [0.3, 0.4) is 0 Å². The lowest BCUT2D eigenvalue weighted by molar-refractivity contribution is 0.0490. The standard InChI is InChI=1S/C14H17NO/c16-10-12-1-3-13(4-2-12)14-9-11-5-7-15(14)8-6-11/h1-4,10-11,14H,5-9H2. The molecule has 2 heteroatoms. The van der Waals surface area contributed by atoms with Gasteiger partial charge in [0.1, 0.15) is 6.29 Å². The molecule has 0 saturated carbocycles. The van der Waals surface area contributed by atoms with E-state index in [1.54, 1.807) is 0 Å². The number of piperidine rings is 3. The Morgan fingerprint density at radius 2 is 1.81 bits per heavy atom. The van der Waals surface area contributed by atoms with Gasteiger partial charge in [0.05, 0.1) is 0 Å². The van der Waals surface area contributed by atoms with E-state index < -0.39 is 0 Å². The zero-order chi connectivity index (χ0) is 11.0. The van der Waals surface area contributed by atoms with Gasteiger partial charge in [-0.1, -0.05) is 24.3 Å².